The molecule has 1 aliphatic rings. The summed E-state index contributed by atoms with van der Waals surface area (Å²) in [7, 11) is 3.72. The number of likely N-dealkylation sites (N-methyl/N-ethyl adjacent to an activating group) is 1. The highest BCUT2D eigenvalue weighted by Gasteiger charge is 2.24. The van der Waals surface area contributed by atoms with Crippen LogP contribution in [0.1, 0.15) is 205 Å². The van der Waals surface area contributed by atoms with Crippen molar-refractivity contribution in [2.24, 2.45) is 53.3 Å². The lowest BCUT2D eigenvalue weighted by atomic mass is 10.0. The minimum Gasteiger partial charge on any atom is -0.395 e. The summed E-state index contributed by atoms with van der Waals surface area (Å²) in [6, 6.07) is 1.51. The van der Waals surface area contributed by atoms with Crippen molar-refractivity contribution >= 4 is 0 Å². The number of nitrogens with one attached hydrogen (secondary N) is 2. The maximum Gasteiger partial charge on any atom is 0.0636 e. The minimum absolute atomic E-state index is 0.225. The minimum atomic E-state index is -0.225. The fourth-order valence-electron chi connectivity index (χ4n) is 4.15. The van der Waals surface area contributed by atoms with Crippen LogP contribution in [0.5, 0.6) is 0 Å². The molecule has 1 fully saturated rings. The van der Waals surface area contributed by atoms with Gasteiger partial charge < -0.3 is 40.3 Å². The summed E-state index contributed by atoms with van der Waals surface area (Å²) >= 11 is 0. The van der Waals surface area contributed by atoms with Crippen LogP contribution >= 0.6 is 0 Å². The second-order valence-electron chi connectivity index (χ2n) is 20.7. The van der Waals surface area contributed by atoms with Gasteiger partial charge in [-0.15, -0.1) is 0 Å². The molecular weight excluding hydrogens is 759 g/mol. The van der Waals surface area contributed by atoms with Crippen LogP contribution in [-0.2, 0) is 9.47 Å². The molecule has 0 saturated heterocycles. The fourth-order valence-corrected chi connectivity index (χ4v) is 4.15. The standard InChI is InChI=1S/C7H16.2C6H15NO.C6H14O.C6H12.2C6H14.C5H13NO.C5H12O/c1-6(2)5-7(3)4;1-6(2)7(3)4-5-8;1-5(2)7-4-6(3)8;1-4-7-5-6(2)3;1-5(2)6-3-4-6;1-5(2)6(3)4;1-4-5-6(2)3;1-5(2)6-3-4-7;1-5(2)4-6-3/h6-7H,5H2,1-4H3;6,8H,4-5H2,1-3H3;5-8H,4H2,1-3H3;6H,4-5H2,1-3H3;5-6H,3-4H2,1-2H3;5-6H,1-4H3;6H,4-5H2,1-3H3;5-7H,3-4H2,1-2H3;5H,4H2,1-3H3. The second-order valence-corrected chi connectivity index (χ2v) is 20.7. The van der Waals surface area contributed by atoms with Crippen molar-refractivity contribution in [1.82, 2.24) is 15.5 Å². The molecule has 0 aromatic rings. The van der Waals surface area contributed by atoms with E-state index in [0.717, 1.165) is 67.8 Å². The first kappa shape index (κ1) is 77.9. The third-order valence-electron chi connectivity index (χ3n) is 8.68. The molecule has 1 unspecified atom stereocenters. The van der Waals surface area contributed by atoms with E-state index in [1.165, 1.54) is 32.1 Å². The molecular formula is C53H125N3O5. The zero-order chi connectivity index (χ0) is 50.1. The number of aliphatic hydroxyl groups excluding tert-OH is 3. The van der Waals surface area contributed by atoms with Gasteiger partial charge in [-0.2, -0.15) is 0 Å². The van der Waals surface area contributed by atoms with Crippen molar-refractivity contribution in [2.45, 2.75) is 229 Å². The van der Waals surface area contributed by atoms with E-state index in [-0.39, 0.29) is 19.3 Å². The first-order valence-corrected chi connectivity index (χ1v) is 25.1. The van der Waals surface area contributed by atoms with E-state index in [9.17, 15) is 0 Å². The topological polar surface area (TPSA) is 106 Å². The molecule has 382 valence electrons. The van der Waals surface area contributed by atoms with E-state index in [0.29, 0.717) is 43.1 Å². The van der Waals surface area contributed by atoms with Crippen LogP contribution < -0.4 is 10.6 Å². The molecule has 8 nitrogen and oxygen atoms in total. The smallest absolute Gasteiger partial charge is 0.0636 e. The Morgan fingerprint density at radius 2 is 1.02 bits per heavy atom. The Morgan fingerprint density at radius 3 is 1.08 bits per heavy atom. The predicted octanol–water partition coefficient (Wildman–Crippen LogP) is 13.1. The summed E-state index contributed by atoms with van der Waals surface area (Å²) in [5, 5.41) is 31.6. The first-order chi connectivity index (χ1) is 28.0. The summed E-state index contributed by atoms with van der Waals surface area (Å²) in [5.74, 6) is 7.77. The van der Waals surface area contributed by atoms with E-state index < -0.39 is 0 Å². The Labute approximate surface area is 388 Å². The van der Waals surface area contributed by atoms with Crippen molar-refractivity contribution < 1.29 is 24.8 Å². The number of hydrogen-bond donors (Lipinski definition) is 5. The van der Waals surface area contributed by atoms with Crippen molar-refractivity contribution in [3.8, 4) is 0 Å². The first-order valence-electron chi connectivity index (χ1n) is 25.1. The summed E-state index contributed by atoms with van der Waals surface area (Å²) in [5.41, 5.74) is 0. The fraction of sp³-hybridized carbons (Fsp3) is 1.00. The Balaban J connectivity index is -0.0000000865. The molecule has 61 heavy (non-hydrogen) atoms. The van der Waals surface area contributed by atoms with Crippen molar-refractivity contribution in [2.75, 3.05) is 66.8 Å². The summed E-state index contributed by atoms with van der Waals surface area (Å²) in [6.45, 7) is 59.4. The van der Waals surface area contributed by atoms with Gasteiger partial charge in [0.1, 0.15) is 0 Å². The summed E-state index contributed by atoms with van der Waals surface area (Å²) < 4.78 is 9.90. The van der Waals surface area contributed by atoms with Crippen LogP contribution in [0, 0.1) is 53.3 Å². The van der Waals surface area contributed by atoms with Gasteiger partial charge >= 0.3 is 0 Å². The molecule has 5 N–H and O–H groups in total. The Morgan fingerprint density at radius 1 is 0.590 bits per heavy atom. The molecule has 0 aromatic carbocycles. The Kier molecular flexibility index (Phi) is 76.2. The highest BCUT2D eigenvalue weighted by Crippen LogP contribution is 2.35. The van der Waals surface area contributed by atoms with Gasteiger partial charge in [-0.25, -0.2) is 0 Å². The van der Waals surface area contributed by atoms with E-state index >= 15 is 0 Å². The van der Waals surface area contributed by atoms with Crippen LogP contribution in [0.4, 0.5) is 0 Å². The number of rotatable bonds is 20. The second kappa shape index (κ2) is 59.7. The molecule has 1 aliphatic carbocycles. The lowest BCUT2D eigenvalue weighted by molar-refractivity contribution is 0.122. The Bertz CT molecular complexity index is 658. The van der Waals surface area contributed by atoms with Gasteiger partial charge in [0.15, 0.2) is 0 Å². The van der Waals surface area contributed by atoms with Gasteiger partial charge in [0.05, 0.1) is 19.3 Å². The molecule has 0 heterocycles. The molecule has 8 heteroatoms. The van der Waals surface area contributed by atoms with Crippen molar-refractivity contribution in [3.63, 3.8) is 0 Å². The Hall–Kier alpha value is -0.320. The lowest BCUT2D eigenvalue weighted by Crippen LogP contribution is -2.30. The number of nitrogens with zero attached hydrogens (tertiary/aromatic N) is 1. The normalized spacial score (nSPS) is 12.3. The zero-order valence-corrected chi connectivity index (χ0v) is 47.3. The quantitative estimate of drug-likeness (QED) is 0.0823. The third kappa shape index (κ3) is 120. The highest BCUT2D eigenvalue weighted by molar-refractivity contribution is 4.75. The maximum atomic E-state index is 8.74. The predicted molar refractivity (Wildman–Crippen MR) is 279 cm³/mol. The summed E-state index contributed by atoms with van der Waals surface area (Å²) in [6.07, 6.45) is 6.84. The van der Waals surface area contributed by atoms with E-state index in [1.54, 1.807) is 14.0 Å². The molecule has 0 aromatic heterocycles. The van der Waals surface area contributed by atoms with Gasteiger partial charge in [0, 0.05) is 64.7 Å². The molecule has 0 spiro atoms. The van der Waals surface area contributed by atoms with Gasteiger partial charge in [0.25, 0.3) is 0 Å². The van der Waals surface area contributed by atoms with Crippen LogP contribution in [0.25, 0.3) is 0 Å². The van der Waals surface area contributed by atoms with Crippen LogP contribution in [0.15, 0.2) is 0 Å². The molecule has 0 aliphatic heterocycles. The average molecular weight is 885 g/mol. The molecule has 1 rings (SSSR count). The van der Waals surface area contributed by atoms with E-state index in [1.807, 2.05) is 14.0 Å². The van der Waals surface area contributed by atoms with Crippen LogP contribution in [0.3, 0.4) is 0 Å². The molecule has 1 atom stereocenters. The van der Waals surface area contributed by atoms with Crippen molar-refractivity contribution in [3.05, 3.63) is 0 Å². The zero-order valence-electron chi connectivity index (χ0n) is 47.3. The number of hydrogen-bond acceptors (Lipinski definition) is 8. The van der Waals surface area contributed by atoms with Gasteiger partial charge in [-0.1, -0.05) is 158 Å². The molecule has 1 saturated carbocycles. The SMILES string of the molecule is CC(C)C(C)C.CC(C)C1CC1.CC(C)CC(C)C.CC(C)N(C)CCO.CC(C)NCCO.CC(O)CNC(C)C.CCCC(C)C.CCOCC(C)C.COCC(C)C. The van der Waals surface area contributed by atoms with E-state index in [4.69, 9.17) is 24.8 Å². The molecule has 0 amide bonds. The molecule has 0 bridgehead atoms. The largest absolute Gasteiger partial charge is 0.395 e. The van der Waals surface area contributed by atoms with Gasteiger partial charge in [-0.05, 0) is 107 Å². The number of ether oxygens (including phenoxy) is 2. The highest BCUT2D eigenvalue weighted by atomic mass is 16.5. The van der Waals surface area contributed by atoms with Crippen molar-refractivity contribution in [1.29, 1.82) is 0 Å². The lowest BCUT2D eigenvalue weighted by Gasteiger charge is -2.18. The van der Waals surface area contributed by atoms with E-state index in [2.05, 4.69) is 175 Å². The maximum absolute atomic E-state index is 8.74. The number of aliphatic hydroxyl groups is 3. The van der Waals surface area contributed by atoms with Crippen LogP contribution in [0.2, 0.25) is 0 Å². The van der Waals surface area contributed by atoms with Gasteiger partial charge in [-0.3, -0.25) is 0 Å². The monoisotopic (exact) mass is 884 g/mol. The number of methoxy groups -OCH3 is 1. The van der Waals surface area contributed by atoms with Gasteiger partial charge in [0.2, 0.25) is 0 Å². The summed E-state index contributed by atoms with van der Waals surface area (Å²) in [4.78, 5) is 2.10. The molecule has 0 radical (unpaired) electrons. The third-order valence-corrected chi connectivity index (χ3v) is 8.68. The van der Waals surface area contributed by atoms with Crippen LogP contribution in [-0.4, -0.2) is 111 Å². The average Bonchev–Trinajstić information content (AvgIpc) is 3.97.